The summed E-state index contributed by atoms with van der Waals surface area (Å²) in [7, 11) is 1.32. The molecule has 0 radical (unpaired) electrons. The summed E-state index contributed by atoms with van der Waals surface area (Å²) in [6, 6.07) is 12.3. The van der Waals surface area contributed by atoms with Gasteiger partial charge in [0.2, 0.25) is 0 Å². The Kier molecular flexibility index (Phi) is 3.60. The van der Waals surface area contributed by atoms with Crippen LogP contribution in [0.3, 0.4) is 0 Å². The molecule has 1 atom stereocenters. The Balaban J connectivity index is 2.23. The molecule has 22 heavy (non-hydrogen) atoms. The van der Waals surface area contributed by atoms with Crippen molar-refractivity contribution >= 4 is 5.97 Å². The number of nitrogens with two attached hydrogens (primary N) is 1. The van der Waals surface area contributed by atoms with Crippen LogP contribution in [0.1, 0.15) is 27.0 Å². The maximum absolute atomic E-state index is 11.8. The van der Waals surface area contributed by atoms with E-state index < -0.39 is 11.6 Å². The van der Waals surface area contributed by atoms with Crippen LogP contribution in [0.4, 0.5) is 0 Å². The molecule has 3 rings (SSSR count). The molecule has 3 N–H and O–H groups in total. The lowest BCUT2D eigenvalue weighted by Crippen LogP contribution is -2.36. The molecule has 0 fully saturated rings. The van der Waals surface area contributed by atoms with E-state index >= 15 is 0 Å². The number of hydrogen-bond donors (Lipinski definition) is 2. The highest BCUT2D eigenvalue weighted by Crippen LogP contribution is 2.40. The monoisotopic (exact) mass is 299 g/mol. The first-order valence-corrected chi connectivity index (χ1v) is 6.96. The number of para-hydroxylation sites is 1. The van der Waals surface area contributed by atoms with Crippen LogP contribution in [0.15, 0.2) is 42.5 Å². The Labute approximate surface area is 128 Å². The van der Waals surface area contributed by atoms with Gasteiger partial charge in [0.05, 0.1) is 12.7 Å². The van der Waals surface area contributed by atoms with E-state index in [1.165, 1.54) is 7.11 Å². The van der Waals surface area contributed by atoms with E-state index in [4.69, 9.17) is 15.2 Å². The fourth-order valence-corrected chi connectivity index (χ4v) is 2.79. The lowest BCUT2D eigenvalue weighted by atomic mass is 9.83. The molecule has 5 heteroatoms. The molecule has 0 aliphatic carbocycles. The molecular formula is C17H17NO4. The smallest absolute Gasteiger partial charge is 0.337 e. The van der Waals surface area contributed by atoms with Crippen molar-refractivity contribution in [2.24, 2.45) is 5.73 Å². The first-order chi connectivity index (χ1) is 10.6. The van der Waals surface area contributed by atoms with Crippen LogP contribution in [0.2, 0.25) is 0 Å². The van der Waals surface area contributed by atoms with E-state index in [0.717, 1.165) is 5.56 Å². The van der Waals surface area contributed by atoms with E-state index in [-0.39, 0.29) is 6.54 Å². The number of esters is 1. The van der Waals surface area contributed by atoms with Gasteiger partial charge >= 0.3 is 5.97 Å². The van der Waals surface area contributed by atoms with Crippen LogP contribution in [0.25, 0.3) is 0 Å². The molecule has 0 saturated heterocycles. The van der Waals surface area contributed by atoms with Crippen molar-refractivity contribution in [3.63, 3.8) is 0 Å². The number of hydrogen-bond acceptors (Lipinski definition) is 5. The lowest BCUT2D eigenvalue weighted by molar-refractivity contribution is 0.0599. The van der Waals surface area contributed by atoms with Crippen molar-refractivity contribution in [3.05, 3.63) is 64.7 Å². The van der Waals surface area contributed by atoms with Gasteiger partial charge in [-0.25, -0.2) is 4.79 Å². The summed E-state index contributed by atoms with van der Waals surface area (Å²) in [5, 5.41) is 11.2. The summed E-state index contributed by atoms with van der Waals surface area (Å²) >= 11 is 0. The third kappa shape index (κ3) is 2.15. The van der Waals surface area contributed by atoms with Crippen LogP contribution in [0, 0.1) is 0 Å². The normalized spacial score (nSPS) is 19.4. The summed E-state index contributed by atoms with van der Waals surface area (Å²) in [6.45, 7) is 0.279. The van der Waals surface area contributed by atoms with Crippen LogP contribution in [-0.2, 0) is 16.9 Å². The molecule has 1 unspecified atom stereocenters. The number of ether oxygens (including phenoxy) is 2. The second-order valence-corrected chi connectivity index (χ2v) is 5.21. The molecule has 1 heterocycles. The van der Waals surface area contributed by atoms with Crippen molar-refractivity contribution in [3.8, 4) is 5.75 Å². The topological polar surface area (TPSA) is 81.8 Å². The Bertz CT molecular complexity index is 728. The predicted octanol–water partition coefficient (Wildman–Crippen LogP) is 1.56. The zero-order chi connectivity index (χ0) is 15.7. The number of rotatable bonds is 2. The number of carbonyl (C=O) groups excluding carboxylic acids is 1. The van der Waals surface area contributed by atoms with Crippen LogP contribution < -0.4 is 10.5 Å². The number of fused-ring (bicyclic) bond motifs is 2. The Morgan fingerprint density at radius 1 is 1.32 bits per heavy atom. The summed E-state index contributed by atoms with van der Waals surface area (Å²) in [4.78, 5) is 11.8. The molecule has 1 aliphatic heterocycles. The standard InChI is InChI=1S/C17H17NO4/c1-21-16(19)11-6-7-12-9-22-15-5-3-2-4-13(15)17(20,10-18)14(12)8-11/h2-8,20H,9-10,18H2,1H3. The maximum atomic E-state index is 11.8. The number of benzene rings is 2. The van der Waals surface area contributed by atoms with Crippen LogP contribution in [0.5, 0.6) is 5.75 Å². The summed E-state index contributed by atoms with van der Waals surface area (Å²) in [5.74, 6) is 0.131. The van der Waals surface area contributed by atoms with E-state index in [9.17, 15) is 9.90 Å². The fourth-order valence-electron chi connectivity index (χ4n) is 2.79. The van der Waals surface area contributed by atoms with Crippen molar-refractivity contribution < 1.29 is 19.4 Å². The zero-order valence-electron chi connectivity index (χ0n) is 12.2. The minimum atomic E-state index is -1.41. The average molecular weight is 299 g/mol. The summed E-state index contributed by atoms with van der Waals surface area (Å²) < 4.78 is 10.5. The first kappa shape index (κ1) is 14.6. The van der Waals surface area contributed by atoms with Crippen LogP contribution >= 0.6 is 0 Å². The van der Waals surface area contributed by atoms with Gasteiger partial charge < -0.3 is 20.3 Å². The molecule has 0 aromatic heterocycles. The molecule has 0 bridgehead atoms. The van der Waals surface area contributed by atoms with Gasteiger partial charge in [0.15, 0.2) is 0 Å². The molecular weight excluding hydrogens is 282 g/mol. The van der Waals surface area contributed by atoms with E-state index in [0.29, 0.717) is 29.0 Å². The highest BCUT2D eigenvalue weighted by Gasteiger charge is 2.37. The zero-order valence-corrected chi connectivity index (χ0v) is 12.2. The Morgan fingerprint density at radius 3 is 2.82 bits per heavy atom. The van der Waals surface area contributed by atoms with Gasteiger partial charge in [-0.2, -0.15) is 0 Å². The highest BCUT2D eigenvalue weighted by atomic mass is 16.5. The van der Waals surface area contributed by atoms with Gasteiger partial charge in [-0.1, -0.05) is 24.3 Å². The number of aliphatic hydroxyl groups is 1. The molecule has 5 nitrogen and oxygen atoms in total. The van der Waals surface area contributed by atoms with Gasteiger partial charge in [-0.05, 0) is 29.3 Å². The minimum Gasteiger partial charge on any atom is -0.488 e. The van der Waals surface area contributed by atoms with Gasteiger partial charge in [-0.3, -0.25) is 0 Å². The predicted molar refractivity (Wildman–Crippen MR) is 80.6 cm³/mol. The van der Waals surface area contributed by atoms with E-state index in [1.807, 2.05) is 12.1 Å². The van der Waals surface area contributed by atoms with Crippen LogP contribution in [-0.4, -0.2) is 24.7 Å². The third-order valence-corrected chi connectivity index (χ3v) is 3.99. The number of carbonyl (C=O) groups is 1. The molecule has 2 aromatic rings. The largest absolute Gasteiger partial charge is 0.488 e. The second-order valence-electron chi connectivity index (χ2n) is 5.21. The Morgan fingerprint density at radius 2 is 2.09 bits per heavy atom. The lowest BCUT2D eigenvalue weighted by Gasteiger charge is -2.28. The molecule has 0 saturated carbocycles. The number of methoxy groups -OCH3 is 1. The second kappa shape index (κ2) is 5.44. The molecule has 114 valence electrons. The fraction of sp³-hybridized carbons (Fsp3) is 0.235. The van der Waals surface area contributed by atoms with Gasteiger partial charge in [0, 0.05) is 12.1 Å². The molecule has 1 aliphatic rings. The van der Waals surface area contributed by atoms with Crippen molar-refractivity contribution in [2.75, 3.05) is 13.7 Å². The summed E-state index contributed by atoms with van der Waals surface area (Å²) in [6.07, 6.45) is 0. The first-order valence-electron chi connectivity index (χ1n) is 6.96. The van der Waals surface area contributed by atoms with Crippen molar-refractivity contribution in [1.82, 2.24) is 0 Å². The quantitative estimate of drug-likeness (QED) is 0.822. The Hall–Kier alpha value is -2.37. The SMILES string of the molecule is COC(=O)c1ccc2c(c1)C(O)(CN)c1ccccc1OC2. The van der Waals surface area contributed by atoms with Gasteiger partial charge in [0.25, 0.3) is 0 Å². The molecule has 0 amide bonds. The summed E-state index contributed by atoms with van der Waals surface area (Å²) in [5.41, 5.74) is 6.79. The third-order valence-electron chi connectivity index (χ3n) is 3.99. The van der Waals surface area contributed by atoms with E-state index in [2.05, 4.69) is 0 Å². The molecule has 0 spiro atoms. The average Bonchev–Trinajstić information content (AvgIpc) is 2.70. The van der Waals surface area contributed by atoms with Gasteiger partial charge in [0.1, 0.15) is 18.0 Å². The molecule has 2 aromatic carbocycles. The highest BCUT2D eigenvalue weighted by molar-refractivity contribution is 5.89. The maximum Gasteiger partial charge on any atom is 0.337 e. The van der Waals surface area contributed by atoms with Crippen molar-refractivity contribution in [2.45, 2.75) is 12.2 Å². The minimum absolute atomic E-state index is 0.0228. The van der Waals surface area contributed by atoms with Crippen molar-refractivity contribution in [1.29, 1.82) is 0 Å². The van der Waals surface area contributed by atoms with Gasteiger partial charge in [-0.15, -0.1) is 0 Å². The van der Waals surface area contributed by atoms with E-state index in [1.54, 1.807) is 30.3 Å².